The van der Waals surface area contributed by atoms with Crippen molar-refractivity contribution in [2.24, 2.45) is 11.7 Å². The molecule has 2 saturated heterocycles. The van der Waals surface area contributed by atoms with Crippen LogP contribution in [-0.2, 0) is 4.74 Å². The summed E-state index contributed by atoms with van der Waals surface area (Å²) in [5, 5.41) is 0. The number of piperidine rings is 1. The number of nitrogens with two attached hydrogens (primary N) is 1. The van der Waals surface area contributed by atoms with Gasteiger partial charge >= 0.3 is 0 Å². The molecule has 2 heterocycles. The van der Waals surface area contributed by atoms with Crippen LogP contribution < -0.4 is 5.73 Å². The summed E-state index contributed by atoms with van der Waals surface area (Å²) in [6.07, 6.45) is 5.44. The summed E-state index contributed by atoms with van der Waals surface area (Å²) >= 11 is 0. The van der Waals surface area contributed by atoms with Gasteiger partial charge in [-0.05, 0) is 58.5 Å². The fourth-order valence-corrected chi connectivity index (χ4v) is 3.12. The number of hydrogen-bond acceptors (Lipinski definition) is 3. The smallest absolute Gasteiger partial charge is 0.0561 e. The normalized spacial score (nSPS) is 36.2. The maximum atomic E-state index is 5.97. The number of likely N-dealkylation sites (tertiary alicyclic amines) is 1. The molecule has 0 aromatic carbocycles. The second-order valence-electron chi connectivity index (χ2n) is 5.59. The minimum Gasteiger partial charge on any atom is -0.378 e. The van der Waals surface area contributed by atoms with Crippen molar-refractivity contribution in [3.63, 3.8) is 0 Å². The summed E-state index contributed by atoms with van der Waals surface area (Å²) in [7, 11) is 0. The van der Waals surface area contributed by atoms with Gasteiger partial charge in [0.25, 0.3) is 0 Å². The third kappa shape index (κ3) is 2.96. The van der Waals surface area contributed by atoms with E-state index in [9.17, 15) is 0 Å². The Morgan fingerprint density at radius 1 is 1.25 bits per heavy atom. The van der Waals surface area contributed by atoms with E-state index in [1.54, 1.807) is 0 Å². The molecule has 2 fully saturated rings. The largest absolute Gasteiger partial charge is 0.378 e. The van der Waals surface area contributed by atoms with Crippen LogP contribution in [0.25, 0.3) is 0 Å². The molecule has 0 amide bonds. The van der Waals surface area contributed by atoms with Crippen molar-refractivity contribution < 1.29 is 4.74 Å². The van der Waals surface area contributed by atoms with Crippen LogP contribution in [0.2, 0.25) is 0 Å². The average molecular weight is 226 g/mol. The molecule has 0 aliphatic carbocycles. The molecule has 3 atom stereocenters. The molecule has 16 heavy (non-hydrogen) atoms. The zero-order chi connectivity index (χ0) is 11.5. The fraction of sp³-hybridized carbons (Fsp3) is 1.00. The molecule has 3 nitrogen and oxygen atoms in total. The van der Waals surface area contributed by atoms with E-state index in [0.29, 0.717) is 12.1 Å². The monoisotopic (exact) mass is 226 g/mol. The van der Waals surface area contributed by atoms with Crippen molar-refractivity contribution in [1.29, 1.82) is 0 Å². The Labute approximate surface area is 99.3 Å². The Morgan fingerprint density at radius 2 is 1.94 bits per heavy atom. The summed E-state index contributed by atoms with van der Waals surface area (Å²) in [5.41, 5.74) is 5.97. The van der Waals surface area contributed by atoms with Crippen LogP contribution in [0.1, 0.15) is 39.5 Å². The third-order valence-electron chi connectivity index (χ3n) is 4.29. The lowest BCUT2D eigenvalue weighted by molar-refractivity contribution is -0.0253. The van der Waals surface area contributed by atoms with Gasteiger partial charge in [-0.15, -0.1) is 0 Å². The molecule has 2 aliphatic rings. The summed E-state index contributed by atoms with van der Waals surface area (Å²) in [5.74, 6) is 0.744. The molecule has 3 heteroatoms. The van der Waals surface area contributed by atoms with E-state index >= 15 is 0 Å². The minimum atomic E-state index is 0.371. The Bertz CT molecular complexity index is 212. The van der Waals surface area contributed by atoms with Gasteiger partial charge in [-0.25, -0.2) is 0 Å². The number of hydrogen-bond donors (Lipinski definition) is 1. The van der Waals surface area contributed by atoms with Crippen LogP contribution in [0.3, 0.4) is 0 Å². The molecule has 0 aromatic heterocycles. The van der Waals surface area contributed by atoms with Crippen molar-refractivity contribution in [3.8, 4) is 0 Å². The Morgan fingerprint density at radius 3 is 2.50 bits per heavy atom. The molecule has 0 saturated carbocycles. The molecule has 94 valence electrons. The lowest BCUT2D eigenvalue weighted by Gasteiger charge is -2.41. The Kier molecular flexibility index (Phi) is 4.22. The minimum absolute atomic E-state index is 0.371. The van der Waals surface area contributed by atoms with Crippen LogP contribution in [-0.4, -0.2) is 42.8 Å². The molecule has 0 bridgehead atoms. The van der Waals surface area contributed by atoms with Gasteiger partial charge in [0.05, 0.1) is 6.10 Å². The molecule has 2 rings (SSSR count). The van der Waals surface area contributed by atoms with Gasteiger partial charge in [0.1, 0.15) is 0 Å². The predicted molar refractivity (Wildman–Crippen MR) is 66.4 cm³/mol. The summed E-state index contributed by atoms with van der Waals surface area (Å²) in [6, 6.07) is 1.13. The van der Waals surface area contributed by atoms with Crippen LogP contribution in [0, 0.1) is 5.92 Å². The van der Waals surface area contributed by atoms with Crippen molar-refractivity contribution >= 4 is 0 Å². The quantitative estimate of drug-likeness (QED) is 0.777. The predicted octanol–water partition coefficient (Wildman–Crippen LogP) is 1.61. The van der Waals surface area contributed by atoms with E-state index in [1.165, 1.54) is 38.8 Å². The van der Waals surface area contributed by atoms with E-state index in [4.69, 9.17) is 10.5 Å². The fourth-order valence-electron chi connectivity index (χ4n) is 3.12. The van der Waals surface area contributed by atoms with Gasteiger partial charge < -0.3 is 15.4 Å². The highest BCUT2D eigenvalue weighted by Crippen LogP contribution is 2.26. The van der Waals surface area contributed by atoms with Crippen molar-refractivity contribution in [1.82, 2.24) is 4.90 Å². The van der Waals surface area contributed by atoms with Crippen molar-refractivity contribution in [3.05, 3.63) is 0 Å². The molecule has 0 spiro atoms. The molecule has 2 N–H and O–H groups in total. The van der Waals surface area contributed by atoms with E-state index in [-0.39, 0.29) is 0 Å². The van der Waals surface area contributed by atoms with Gasteiger partial charge in [0.15, 0.2) is 0 Å². The van der Waals surface area contributed by atoms with E-state index in [1.807, 2.05) is 0 Å². The highest BCUT2D eigenvalue weighted by Gasteiger charge is 2.29. The molecule has 2 aliphatic heterocycles. The molecular weight excluding hydrogens is 200 g/mol. The second kappa shape index (κ2) is 5.48. The first-order chi connectivity index (χ1) is 7.66. The van der Waals surface area contributed by atoms with Crippen LogP contribution in [0.5, 0.6) is 0 Å². The zero-order valence-corrected chi connectivity index (χ0v) is 10.7. The second-order valence-corrected chi connectivity index (χ2v) is 5.59. The van der Waals surface area contributed by atoms with Gasteiger partial charge in [0.2, 0.25) is 0 Å². The highest BCUT2D eigenvalue weighted by molar-refractivity contribution is 4.84. The SMILES string of the molecule is CC1CC(N2CCC(C(C)N)CC2)CCO1. The number of ether oxygens (including phenoxy) is 1. The van der Waals surface area contributed by atoms with Crippen LogP contribution in [0.15, 0.2) is 0 Å². The van der Waals surface area contributed by atoms with E-state index < -0.39 is 0 Å². The van der Waals surface area contributed by atoms with E-state index in [0.717, 1.165) is 18.6 Å². The van der Waals surface area contributed by atoms with Crippen molar-refractivity contribution in [2.75, 3.05) is 19.7 Å². The standard InChI is InChI=1S/C13H26N2O/c1-10-9-13(5-8-16-10)15-6-3-12(4-7-15)11(2)14/h10-13H,3-9,14H2,1-2H3. The topological polar surface area (TPSA) is 38.5 Å². The van der Waals surface area contributed by atoms with Gasteiger partial charge in [-0.2, -0.15) is 0 Å². The maximum Gasteiger partial charge on any atom is 0.0561 e. The lowest BCUT2D eigenvalue weighted by Crippen LogP contribution is -2.47. The maximum absolute atomic E-state index is 5.97. The summed E-state index contributed by atoms with van der Waals surface area (Å²) in [4.78, 5) is 2.66. The zero-order valence-electron chi connectivity index (χ0n) is 10.7. The summed E-state index contributed by atoms with van der Waals surface area (Å²) in [6.45, 7) is 7.77. The Hall–Kier alpha value is -0.120. The average Bonchev–Trinajstić information content (AvgIpc) is 2.29. The van der Waals surface area contributed by atoms with Crippen LogP contribution >= 0.6 is 0 Å². The van der Waals surface area contributed by atoms with Gasteiger partial charge in [0, 0.05) is 18.7 Å². The molecule has 3 unspecified atom stereocenters. The molecule has 0 aromatic rings. The first-order valence-electron chi connectivity index (χ1n) is 6.78. The first kappa shape index (κ1) is 12.3. The van der Waals surface area contributed by atoms with E-state index in [2.05, 4.69) is 18.7 Å². The Balaban J connectivity index is 1.79. The third-order valence-corrected chi connectivity index (χ3v) is 4.29. The summed E-state index contributed by atoms with van der Waals surface area (Å²) < 4.78 is 5.61. The number of nitrogens with zero attached hydrogens (tertiary/aromatic N) is 1. The van der Waals surface area contributed by atoms with Gasteiger partial charge in [-0.1, -0.05) is 0 Å². The highest BCUT2D eigenvalue weighted by atomic mass is 16.5. The van der Waals surface area contributed by atoms with Gasteiger partial charge in [-0.3, -0.25) is 0 Å². The number of rotatable bonds is 2. The molecular formula is C13H26N2O. The molecule has 0 radical (unpaired) electrons. The van der Waals surface area contributed by atoms with Crippen molar-refractivity contribution in [2.45, 2.75) is 57.7 Å². The first-order valence-corrected chi connectivity index (χ1v) is 6.78. The van der Waals surface area contributed by atoms with Crippen LogP contribution in [0.4, 0.5) is 0 Å². The lowest BCUT2D eigenvalue weighted by atomic mass is 9.89.